The fourth-order valence-corrected chi connectivity index (χ4v) is 2.38. The smallest absolute Gasteiger partial charge is 0.267 e. The zero-order chi connectivity index (χ0) is 15.5. The van der Waals surface area contributed by atoms with Crippen molar-refractivity contribution < 1.29 is 4.74 Å². The zero-order valence-electron chi connectivity index (χ0n) is 11.7. The van der Waals surface area contributed by atoms with Crippen LogP contribution in [-0.2, 0) is 6.42 Å². The number of pyridine rings is 1. The van der Waals surface area contributed by atoms with E-state index in [0.717, 1.165) is 17.3 Å². The van der Waals surface area contributed by atoms with Gasteiger partial charge in [-0.1, -0.05) is 24.3 Å². The fraction of sp³-hybridized carbons (Fsp3) is 0.125. The lowest BCUT2D eigenvalue weighted by molar-refractivity contribution is 0.416. The lowest BCUT2D eigenvalue weighted by Gasteiger charge is -2.02. The number of aromatic nitrogens is 2. The summed E-state index contributed by atoms with van der Waals surface area (Å²) in [4.78, 5) is 11.5. The SMILES string of the molecule is CCc1[nH]c2c(c1Cl)=CC=C=C(Oc1cncc(C#N)c1)N=2. The number of nitriles is 1. The minimum Gasteiger partial charge on any atom is -0.431 e. The first kappa shape index (κ1) is 14.2. The molecular formula is C16H11ClN4O. The normalized spacial score (nSPS) is 12.3. The van der Waals surface area contributed by atoms with Crippen LogP contribution in [0.4, 0.5) is 0 Å². The second kappa shape index (κ2) is 5.90. The van der Waals surface area contributed by atoms with Crippen LogP contribution in [-0.4, -0.2) is 9.97 Å². The van der Waals surface area contributed by atoms with Crippen LogP contribution in [0.1, 0.15) is 18.2 Å². The van der Waals surface area contributed by atoms with Gasteiger partial charge in [-0.2, -0.15) is 10.3 Å². The highest BCUT2D eigenvalue weighted by Gasteiger charge is 2.08. The van der Waals surface area contributed by atoms with Crippen LogP contribution in [0.2, 0.25) is 5.02 Å². The average Bonchev–Trinajstić information content (AvgIpc) is 2.71. The molecule has 0 bridgehead atoms. The van der Waals surface area contributed by atoms with Crippen LogP contribution in [0.15, 0.2) is 41.1 Å². The summed E-state index contributed by atoms with van der Waals surface area (Å²) in [5, 5.41) is 10.4. The number of H-pyrrole nitrogens is 1. The molecule has 0 amide bonds. The van der Waals surface area contributed by atoms with E-state index in [0.29, 0.717) is 21.8 Å². The maximum atomic E-state index is 8.88. The Balaban J connectivity index is 2.00. The Morgan fingerprint density at radius 3 is 3.09 bits per heavy atom. The van der Waals surface area contributed by atoms with Crippen molar-refractivity contribution in [2.24, 2.45) is 4.99 Å². The fourth-order valence-electron chi connectivity index (χ4n) is 2.05. The van der Waals surface area contributed by atoms with Gasteiger partial charge >= 0.3 is 0 Å². The molecule has 3 heterocycles. The highest BCUT2D eigenvalue weighted by molar-refractivity contribution is 6.31. The van der Waals surface area contributed by atoms with Gasteiger partial charge < -0.3 is 9.72 Å². The molecule has 6 heteroatoms. The van der Waals surface area contributed by atoms with Crippen LogP contribution >= 0.6 is 11.6 Å². The number of halogens is 1. The second-order valence-electron chi connectivity index (χ2n) is 4.55. The largest absolute Gasteiger partial charge is 0.431 e. The number of ether oxygens (including phenoxy) is 1. The third kappa shape index (κ3) is 2.66. The quantitative estimate of drug-likeness (QED) is 0.881. The Morgan fingerprint density at radius 1 is 1.45 bits per heavy atom. The number of aryl methyl sites for hydroxylation is 1. The van der Waals surface area contributed by atoms with Gasteiger partial charge in [-0.25, -0.2) is 0 Å². The number of allylic oxidation sites excluding steroid dienone is 1. The van der Waals surface area contributed by atoms with E-state index in [9.17, 15) is 0 Å². The van der Waals surface area contributed by atoms with Gasteiger partial charge in [-0.05, 0) is 18.6 Å². The van der Waals surface area contributed by atoms with E-state index in [1.807, 2.05) is 19.1 Å². The van der Waals surface area contributed by atoms with Crippen molar-refractivity contribution in [3.05, 3.63) is 63.1 Å². The molecule has 0 unspecified atom stereocenters. The number of fused-ring (bicyclic) bond motifs is 1. The van der Waals surface area contributed by atoms with E-state index in [1.165, 1.54) is 12.4 Å². The monoisotopic (exact) mass is 310 g/mol. The second-order valence-corrected chi connectivity index (χ2v) is 4.93. The maximum Gasteiger partial charge on any atom is 0.267 e. The molecule has 0 atom stereocenters. The van der Waals surface area contributed by atoms with E-state index < -0.39 is 0 Å². The van der Waals surface area contributed by atoms with Crippen molar-refractivity contribution in [1.29, 1.82) is 5.26 Å². The molecule has 3 rings (SSSR count). The Bertz CT molecular complexity index is 959. The zero-order valence-corrected chi connectivity index (χ0v) is 12.5. The molecule has 1 aliphatic rings. The summed E-state index contributed by atoms with van der Waals surface area (Å²) >= 11 is 6.30. The molecule has 0 radical (unpaired) electrons. The topological polar surface area (TPSA) is 74.1 Å². The highest BCUT2D eigenvalue weighted by Crippen LogP contribution is 2.14. The molecule has 1 N–H and O–H groups in total. The molecule has 22 heavy (non-hydrogen) atoms. The highest BCUT2D eigenvalue weighted by atomic mass is 35.5. The van der Waals surface area contributed by atoms with Gasteiger partial charge in [0.1, 0.15) is 17.3 Å². The summed E-state index contributed by atoms with van der Waals surface area (Å²) < 4.78 is 5.63. The van der Waals surface area contributed by atoms with Gasteiger partial charge in [0.05, 0.1) is 16.8 Å². The van der Waals surface area contributed by atoms with Gasteiger partial charge in [0.25, 0.3) is 5.88 Å². The van der Waals surface area contributed by atoms with Crippen molar-refractivity contribution in [2.45, 2.75) is 13.3 Å². The predicted molar refractivity (Wildman–Crippen MR) is 81.6 cm³/mol. The first-order valence-corrected chi connectivity index (χ1v) is 7.04. The van der Waals surface area contributed by atoms with E-state index in [4.69, 9.17) is 21.6 Å². The minimum atomic E-state index is 0.271. The Hall–Kier alpha value is -2.80. The molecule has 2 aromatic heterocycles. The van der Waals surface area contributed by atoms with Gasteiger partial charge in [-0.3, -0.25) is 4.98 Å². The molecule has 1 aliphatic heterocycles. The average molecular weight is 311 g/mol. The number of nitrogens with one attached hydrogen (secondary N) is 1. The van der Waals surface area contributed by atoms with Crippen molar-refractivity contribution in [3.63, 3.8) is 0 Å². The van der Waals surface area contributed by atoms with E-state index in [1.54, 1.807) is 12.1 Å². The van der Waals surface area contributed by atoms with E-state index >= 15 is 0 Å². The third-order valence-electron chi connectivity index (χ3n) is 3.11. The van der Waals surface area contributed by atoms with Crippen molar-refractivity contribution in [3.8, 4) is 11.8 Å². The predicted octanol–water partition coefficient (Wildman–Crippen LogP) is 1.99. The van der Waals surface area contributed by atoms with Gasteiger partial charge in [0.15, 0.2) is 0 Å². The van der Waals surface area contributed by atoms with Crippen molar-refractivity contribution >= 4 is 17.7 Å². The lowest BCUT2D eigenvalue weighted by Crippen LogP contribution is -2.23. The number of rotatable bonds is 3. The molecule has 108 valence electrons. The molecule has 2 aromatic rings. The molecule has 0 spiro atoms. The van der Waals surface area contributed by atoms with Crippen LogP contribution < -0.4 is 15.4 Å². The van der Waals surface area contributed by atoms with Crippen LogP contribution in [0.3, 0.4) is 0 Å². The number of hydrogen-bond acceptors (Lipinski definition) is 4. The van der Waals surface area contributed by atoms with Crippen LogP contribution in [0.5, 0.6) is 5.75 Å². The Labute approximate surface area is 131 Å². The van der Waals surface area contributed by atoms with Gasteiger partial charge in [0, 0.05) is 23.2 Å². The molecule has 0 aliphatic carbocycles. The standard InChI is InChI=1S/C16H11ClN4O/c1-2-13-15(17)12-4-3-5-14(21-16(12)20-13)22-11-6-10(7-18)8-19-9-11/h3-4,6,8-9H,2H2,1H3,(H,20,21). The summed E-state index contributed by atoms with van der Waals surface area (Å²) in [7, 11) is 0. The van der Waals surface area contributed by atoms with Gasteiger partial charge in [-0.15, -0.1) is 0 Å². The van der Waals surface area contributed by atoms with Crippen molar-refractivity contribution in [1.82, 2.24) is 9.97 Å². The molecule has 0 saturated heterocycles. The number of hydrogen-bond donors (Lipinski definition) is 1. The molecule has 0 aromatic carbocycles. The number of aromatic amines is 1. The lowest BCUT2D eigenvalue weighted by atomic mass is 10.3. The Kier molecular flexibility index (Phi) is 3.80. The van der Waals surface area contributed by atoms with Crippen molar-refractivity contribution in [2.75, 3.05) is 0 Å². The summed E-state index contributed by atoms with van der Waals surface area (Å²) in [5.74, 6) is 0.697. The summed E-state index contributed by atoms with van der Waals surface area (Å²) in [6, 6.07) is 3.60. The van der Waals surface area contributed by atoms with Gasteiger partial charge in [0.2, 0.25) is 0 Å². The van der Waals surface area contributed by atoms with Crippen LogP contribution in [0.25, 0.3) is 6.08 Å². The number of nitrogens with zero attached hydrogens (tertiary/aromatic N) is 3. The summed E-state index contributed by atoms with van der Waals surface area (Å²) in [6.45, 7) is 2.01. The first-order chi connectivity index (χ1) is 10.7. The van der Waals surface area contributed by atoms with Crippen LogP contribution in [0, 0.1) is 11.3 Å². The summed E-state index contributed by atoms with van der Waals surface area (Å²) in [5.41, 5.74) is 4.89. The van der Waals surface area contributed by atoms with E-state index in [2.05, 4.69) is 20.7 Å². The third-order valence-corrected chi connectivity index (χ3v) is 3.54. The molecule has 5 nitrogen and oxygen atoms in total. The first-order valence-electron chi connectivity index (χ1n) is 6.66. The molecule has 0 saturated carbocycles. The molecule has 0 fully saturated rings. The minimum absolute atomic E-state index is 0.271. The molecular weight excluding hydrogens is 300 g/mol. The van der Waals surface area contributed by atoms with E-state index in [-0.39, 0.29) is 5.88 Å². The summed E-state index contributed by atoms with van der Waals surface area (Å²) in [6.07, 6.45) is 7.29. The Morgan fingerprint density at radius 2 is 2.32 bits per heavy atom. The maximum absolute atomic E-state index is 8.88.